The lowest BCUT2D eigenvalue weighted by molar-refractivity contribution is -0.160. The number of rotatable bonds is 14. The van der Waals surface area contributed by atoms with Crippen LogP contribution in [-0.4, -0.2) is 167 Å². The Morgan fingerprint density at radius 2 is 1.47 bits per heavy atom. The summed E-state index contributed by atoms with van der Waals surface area (Å²) in [6, 6.07) is 4.24. The fourth-order valence-corrected chi connectivity index (χ4v) is 8.54. The summed E-state index contributed by atoms with van der Waals surface area (Å²) in [5, 5.41) is 48.0. The standard InChI is InChI=1S/C55H79N7O16/c1-11-13-25-76-55(29-63)24-23-41(65)56-27-42(66)75-28-39-54(74)77-34(8)45(60-48(68)32(6)47(67)30(3)4)52(72)58-43(31(5)12-2)50(70)61-46(37-19-21-38(22-20-37)78-35(55)9)53(73)62(10)40(26-36-17-15-14-16-18-36)49(69)59-44(33(7)64)51(71)57-39/h14-24,30-35,39-40,43-47,63-64,67H,11-13,25-29H2,1-10H3,(H,56,65)(H,57,71)(H,58,72)(H,59,69)(H,60,68)(H,61,70)/b24-23+/t31-,32+,33+,34+,35+,39-,40-,43+,44+,45-,46-,47+,55-/m0/s1. The summed E-state index contributed by atoms with van der Waals surface area (Å²) in [5.74, 6) is -11.2. The van der Waals surface area contributed by atoms with Gasteiger partial charge in [0.05, 0.1) is 24.7 Å². The van der Waals surface area contributed by atoms with Crippen LogP contribution in [-0.2, 0) is 63.8 Å². The van der Waals surface area contributed by atoms with Gasteiger partial charge in [0, 0.05) is 26.2 Å². The Balaban J connectivity index is 2.04. The first-order valence-electron chi connectivity index (χ1n) is 26.4. The minimum Gasteiger partial charge on any atom is -0.487 e. The van der Waals surface area contributed by atoms with Crippen molar-refractivity contribution < 1.29 is 77.4 Å². The van der Waals surface area contributed by atoms with Gasteiger partial charge in [-0.1, -0.05) is 96.8 Å². The van der Waals surface area contributed by atoms with Crippen molar-refractivity contribution in [3.05, 3.63) is 77.9 Å². The molecule has 23 nitrogen and oxygen atoms in total. The highest BCUT2D eigenvalue weighted by Crippen LogP contribution is 2.28. The molecule has 7 amide bonds. The van der Waals surface area contributed by atoms with Gasteiger partial charge >= 0.3 is 11.9 Å². The molecule has 0 spiro atoms. The first kappa shape index (κ1) is 63.6. The topological polar surface area (TPSA) is 327 Å². The molecule has 2 aromatic carbocycles. The number of carbonyl (C=O) groups excluding carboxylic acids is 9. The molecule has 9 N–H and O–H groups in total. The Hall–Kier alpha value is -6.95. The lowest BCUT2D eigenvalue weighted by Crippen LogP contribution is -2.61. The van der Waals surface area contributed by atoms with Gasteiger partial charge in [-0.3, -0.25) is 38.4 Å². The summed E-state index contributed by atoms with van der Waals surface area (Å²) in [6.07, 6.45) is -1.82. The number of esters is 2. The summed E-state index contributed by atoms with van der Waals surface area (Å²) < 4.78 is 23.6. The van der Waals surface area contributed by atoms with E-state index in [1.165, 1.54) is 58.2 Å². The van der Waals surface area contributed by atoms with Crippen molar-refractivity contribution in [3.8, 4) is 5.75 Å². The van der Waals surface area contributed by atoms with Crippen LogP contribution in [0.2, 0.25) is 0 Å². The third-order valence-corrected chi connectivity index (χ3v) is 14.0. The molecule has 4 bridgehead atoms. The third kappa shape index (κ3) is 17.3. The van der Waals surface area contributed by atoms with Gasteiger partial charge in [0.1, 0.15) is 66.9 Å². The highest BCUT2D eigenvalue weighted by atomic mass is 16.6. The van der Waals surface area contributed by atoms with Gasteiger partial charge < -0.3 is 71.1 Å². The van der Waals surface area contributed by atoms with E-state index in [0.29, 0.717) is 12.0 Å². The van der Waals surface area contributed by atoms with Crippen LogP contribution >= 0.6 is 0 Å². The summed E-state index contributed by atoms with van der Waals surface area (Å²) in [6.45, 7) is 11.8. The average molecular weight is 1090 g/mol. The van der Waals surface area contributed by atoms with Gasteiger partial charge in [0.25, 0.3) is 0 Å². The second-order valence-corrected chi connectivity index (χ2v) is 20.3. The maximum atomic E-state index is 15.3. The second-order valence-electron chi connectivity index (χ2n) is 20.3. The zero-order valence-electron chi connectivity index (χ0n) is 46.1. The number of nitrogens with one attached hydrogen (secondary N) is 6. The molecular weight excluding hydrogens is 1010 g/mol. The molecule has 0 saturated carbocycles. The minimum absolute atomic E-state index is 0.147. The molecule has 430 valence electrons. The second kappa shape index (κ2) is 29.7. The van der Waals surface area contributed by atoms with Crippen molar-refractivity contribution in [1.82, 2.24) is 36.8 Å². The van der Waals surface area contributed by atoms with Crippen LogP contribution in [0.5, 0.6) is 5.75 Å². The summed E-state index contributed by atoms with van der Waals surface area (Å²) >= 11 is 0. The van der Waals surface area contributed by atoms with Crippen LogP contribution in [0.15, 0.2) is 66.7 Å². The SMILES string of the molecule is CCCCO[C@]1(CO)/C=C/C(=O)NCC(=O)OC[C@@H]2NC(=O)[C@@H]([C@@H](C)O)NC(=O)[C@H](Cc3ccccc3)N(C)C(=O)[C@@H](NC(=O)[C@@H]([C@@H](C)CC)NC(=O)[C@@H](NC(=O)[C@H](C)[C@H](O)C(C)C)[C@@H](C)OC2=O)c2ccc(cc2)O[C@@H]1C. The van der Waals surface area contributed by atoms with Gasteiger partial charge in [-0.15, -0.1) is 0 Å². The maximum Gasteiger partial charge on any atom is 0.332 e. The van der Waals surface area contributed by atoms with E-state index in [-0.39, 0.29) is 30.8 Å². The number of hydrogen-bond donors (Lipinski definition) is 9. The first-order valence-corrected chi connectivity index (χ1v) is 26.4. The Labute approximate surface area is 455 Å². The molecule has 13 atom stereocenters. The van der Waals surface area contributed by atoms with Crippen molar-refractivity contribution in [2.45, 2.75) is 154 Å². The van der Waals surface area contributed by atoms with Crippen molar-refractivity contribution in [2.75, 3.05) is 33.4 Å². The molecule has 3 heterocycles. The molecule has 0 unspecified atom stereocenters. The summed E-state index contributed by atoms with van der Waals surface area (Å²) in [5.41, 5.74) is -0.920. The van der Waals surface area contributed by atoms with Gasteiger partial charge in [-0.2, -0.15) is 0 Å². The average Bonchev–Trinajstić information content (AvgIpc) is 3.44. The van der Waals surface area contributed by atoms with Gasteiger partial charge in [-0.05, 0) is 68.4 Å². The van der Waals surface area contributed by atoms with E-state index in [0.717, 1.165) is 17.4 Å². The molecule has 1 fully saturated rings. The number of benzene rings is 2. The predicted molar refractivity (Wildman–Crippen MR) is 282 cm³/mol. The lowest BCUT2D eigenvalue weighted by Gasteiger charge is -2.35. The first-order chi connectivity index (χ1) is 36.9. The molecule has 0 aromatic heterocycles. The van der Waals surface area contributed by atoms with Crippen molar-refractivity contribution in [2.24, 2.45) is 17.8 Å². The minimum atomic E-state index is -1.97. The van der Waals surface area contributed by atoms with Crippen LogP contribution in [0.4, 0.5) is 0 Å². The van der Waals surface area contributed by atoms with Crippen LogP contribution in [0.1, 0.15) is 98.7 Å². The number of aliphatic hydroxyl groups excluding tert-OH is 3. The quantitative estimate of drug-likeness (QED) is 0.0915. The van der Waals surface area contributed by atoms with E-state index in [9.17, 15) is 53.7 Å². The van der Waals surface area contributed by atoms with E-state index >= 15 is 4.79 Å². The number of fused-ring (bicyclic) bond motifs is 11. The Bertz CT molecular complexity index is 2420. The number of unbranched alkanes of at least 4 members (excludes halogenated alkanes) is 1. The van der Waals surface area contributed by atoms with Crippen molar-refractivity contribution in [3.63, 3.8) is 0 Å². The number of nitrogens with zero attached hydrogens (tertiary/aromatic N) is 1. The van der Waals surface area contributed by atoms with E-state index in [1.807, 2.05) is 6.92 Å². The highest BCUT2D eigenvalue weighted by molar-refractivity contribution is 5.98. The molecule has 3 aliphatic heterocycles. The normalized spacial score (nSPS) is 27.6. The molecular formula is C55H79N7O16. The third-order valence-electron chi connectivity index (χ3n) is 14.0. The fraction of sp³-hybridized carbons (Fsp3) is 0.582. The Morgan fingerprint density at radius 3 is 2.08 bits per heavy atom. The smallest absolute Gasteiger partial charge is 0.332 e. The zero-order chi connectivity index (χ0) is 58.0. The number of aliphatic hydroxyl groups is 3. The highest BCUT2D eigenvalue weighted by Gasteiger charge is 2.42. The van der Waals surface area contributed by atoms with Crippen molar-refractivity contribution >= 4 is 53.3 Å². The van der Waals surface area contributed by atoms with E-state index < -0.39 is 157 Å². The van der Waals surface area contributed by atoms with Gasteiger partial charge in [0.15, 0.2) is 6.04 Å². The maximum absolute atomic E-state index is 15.3. The lowest BCUT2D eigenvalue weighted by atomic mass is 9.93. The van der Waals surface area contributed by atoms with Crippen molar-refractivity contribution in [1.29, 1.82) is 0 Å². The number of cyclic esters (lactones) is 1. The van der Waals surface area contributed by atoms with Crippen LogP contribution in [0.3, 0.4) is 0 Å². The molecule has 2 aromatic rings. The molecule has 0 aliphatic carbocycles. The number of hydrogen-bond acceptors (Lipinski definition) is 16. The molecule has 78 heavy (non-hydrogen) atoms. The number of carbonyl (C=O) groups is 9. The number of ether oxygens (including phenoxy) is 4. The van der Waals surface area contributed by atoms with Crippen LogP contribution in [0, 0.1) is 17.8 Å². The van der Waals surface area contributed by atoms with E-state index in [4.69, 9.17) is 18.9 Å². The van der Waals surface area contributed by atoms with Crippen LogP contribution < -0.4 is 36.6 Å². The van der Waals surface area contributed by atoms with E-state index in [2.05, 4.69) is 31.9 Å². The monoisotopic (exact) mass is 1090 g/mol. The number of likely N-dealkylation sites (N-methyl/N-ethyl adjacent to an activating group) is 1. The molecule has 23 heteroatoms. The fourth-order valence-electron chi connectivity index (χ4n) is 8.54. The molecule has 1 saturated heterocycles. The van der Waals surface area contributed by atoms with E-state index in [1.54, 1.807) is 65.0 Å². The molecule has 5 rings (SSSR count). The molecule has 3 aliphatic rings. The zero-order valence-corrected chi connectivity index (χ0v) is 46.1. The molecule has 0 radical (unpaired) electrons. The Morgan fingerprint density at radius 1 is 0.833 bits per heavy atom. The van der Waals surface area contributed by atoms with Gasteiger partial charge in [-0.25, -0.2) is 4.79 Å². The summed E-state index contributed by atoms with van der Waals surface area (Å²) in [7, 11) is 1.31. The Kier molecular flexibility index (Phi) is 24.2. The number of amides is 7. The predicted octanol–water partition coefficient (Wildman–Crippen LogP) is 0.422. The van der Waals surface area contributed by atoms with Gasteiger partial charge in [0.2, 0.25) is 41.4 Å². The summed E-state index contributed by atoms with van der Waals surface area (Å²) in [4.78, 5) is 130. The largest absolute Gasteiger partial charge is 0.487 e. The van der Waals surface area contributed by atoms with Crippen LogP contribution in [0.25, 0.3) is 0 Å².